The maximum Gasteiger partial charge on any atom is 0.248 e. The molecular formula is C24H27N5O. The third-order valence-corrected chi connectivity index (χ3v) is 5.52. The third-order valence-electron chi connectivity index (χ3n) is 5.52. The van der Waals surface area contributed by atoms with Crippen LogP contribution in [0.4, 0.5) is 11.5 Å². The van der Waals surface area contributed by atoms with E-state index in [1.54, 1.807) is 18.5 Å². The standard InChI is InChI=1S/C24H27N5O/c1-3-28-11-13-29(14-12-28)23-15-18(2)21-16-20(7-8-22(21)27-23)26-24(30)9-6-19-5-4-10-25-17-19/h4-10,15-17H,3,11-14H2,1-2H3,(H,26,30)/b9-6+. The van der Waals surface area contributed by atoms with Gasteiger partial charge in [-0.1, -0.05) is 13.0 Å². The topological polar surface area (TPSA) is 61.4 Å². The quantitative estimate of drug-likeness (QED) is 0.660. The predicted octanol–water partition coefficient (Wildman–Crippen LogP) is 3.73. The molecule has 1 fully saturated rings. The number of benzene rings is 1. The van der Waals surface area contributed by atoms with E-state index in [1.165, 1.54) is 6.08 Å². The van der Waals surface area contributed by atoms with E-state index in [9.17, 15) is 4.79 Å². The van der Waals surface area contributed by atoms with Gasteiger partial charge in [0.05, 0.1) is 5.52 Å². The normalized spacial score (nSPS) is 15.1. The van der Waals surface area contributed by atoms with E-state index < -0.39 is 0 Å². The van der Waals surface area contributed by atoms with Crippen molar-refractivity contribution < 1.29 is 4.79 Å². The number of anilines is 2. The lowest BCUT2D eigenvalue weighted by molar-refractivity contribution is -0.111. The highest BCUT2D eigenvalue weighted by atomic mass is 16.1. The third kappa shape index (κ3) is 4.66. The van der Waals surface area contributed by atoms with Crippen LogP contribution in [0, 0.1) is 6.92 Å². The van der Waals surface area contributed by atoms with E-state index >= 15 is 0 Å². The van der Waals surface area contributed by atoms with Gasteiger partial charge in [-0.25, -0.2) is 4.98 Å². The molecule has 1 aliphatic rings. The van der Waals surface area contributed by atoms with Crippen molar-refractivity contribution >= 4 is 34.4 Å². The molecule has 154 valence electrons. The summed E-state index contributed by atoms with van der Waals surface area (Å²) in [5, 5.41) is 3.99. The van der Waals surface area contributed by atoms with Gasteiger partial charge in [0.15, 0.2) is 0 Å². The lowest BCUT2D eigenvalue weighted by Crippen LogP contribution is -2.46. The van der Waals surface area contributed by atoms with Crippen molar-refractivity contribution in [3.8, 4) is 0 Å². The fourth-order valence-corrected chi connectivity index (χ4v) is 3.74. The van der Waals surface area contributed by atoms with Crippen molar-refractivity contribution in [2.45, 2.75) is 13.8 Å². The second-order valence-corrected chi connectivity index (χ2v) is 7.56. The van der Waals surface area contributed by atoms with Crippen LogP contribution in [0.5, 0.6) is 0 Å². The number of nitrogens with zero attached hydrogens (tertiary/aromatic N) is 4. The number of rotatable bonds is 5. The summed E-state index contributed by atoms with van der Waals surface area (Å²) < 4.78 is 0. The van der Waals surface area contributed by atoms with Crippen LogP contribution >= 0.6 is 0 Å². The molecule has 6 nitrogen and oxygen atoms in total. The van der Waals surface area contributed by atoms with Crippen molar-refractivity contribution in [3.63, 3.8) is 0 Å². The number of fused-ring (bicyclic) bond motifs is 1. The molecule has 1 saturated heterocycles. The summed E-state index contributed by atoms with van der Waals surface area (Å²) in [6.45, 7) is 9.57. The fourth-order valence-electron chi connectivity index (χ4n) is 3.74. The molecule has 3 heterocycles. The first-order valence-electron chi connectivity index (χ1n) is 10.4. The highest BCUT2D eigenvalue weighted by Gasteiger charge is 2.17. The summed E-state index contributed by atoms with van der Waals surface area (Å²) in [5.41, 5.74) is 3.76. The van der Waals surface area contributed by atoms with Crippen LogP contribution in [0.25, 0.3) is 17.0 Å². The first kappa shape index (κ1) is 20.0. The Labute approximate surface area is 177 Å². The maximum atomic E-state index is 12.3. The predicted molar refractivity (Wildman–Crippen MR) is 123 cm³/mol. The molecule has 0 saturated carbocycles. The van der Waals surface area contributed by atoms with Crippen LogP contribution in [-0.2, 0) is 4.79 Å². The second kappa shape index (κ2) is 9.05. The van der Waals surface area contributed by atoms with E-state index in [4.69, 9.17) is 4.98 Å². The molecule has 0 unspecified atom stereocenters. The van der Waals surface area contributed by atoms with Crippen molar-refractivity contribution in [1.29, 1.82) is 0 Å². The van der Waals surface area contributed by atoms with Crippen LogP contribution in [-0.4, -0.2) is 53.5 Å². The molecule has 1 aromatic carbocycles. The molecule has 0 aliphatic carbocycles. The Hall–Kier alpha value is -3.25. The Balaban J connectivity index is 1.48. The first-order chi connectivity index (χ1) is 14.6. The first-order valence-corrected chi connectivity index (χ1v) is 10.4. The number of pyridine rings is 2. The van der Waals surface area contributed by atoms with Gasteiger partial charge in [0.1, 0.15) is 5.82 Å². The number of carbonyl (C=O) groups excluding carboxylic acids is 1. The molecule has 1 aliphatic heterocycles. The van der Waals surface area contributed by atoms with E-state index in [2.05, 4.69) is 40.0 Å². The SMILES string of the molecule is CCN1CCN(c2cc(C)c3cc(NC(=O)/C=C/c4cccnc4)ccc3n2)CC1. The van der Waals surface area contributed by atoms with Gasteiger partial charge in [0, 0.05) is 55.7 Å². The molecule has 0 spiro atoms. The van der Waals surface area contributed by atoms with E-state index in [0.717, 1.165) is 66.3 Å². The zero-order valence-corrected chi connectivity index (χ0v) is 17.5. The number of piperazine rings is 1. The Bertz CT molecular complexity index is 1060. The minimum atomic E-state index is -0.172. The number of aromatic nitrogens is 2. The highest BCUT2D eigenvalue weighted by molar-refractivity contribution is 6.03. The number of aryl methyl sites for hydroxylation is 1. The van der Waals surface area contributed by atoms with Crippen LogP contribution in [0.15, 0.2) is 54.9 Å². The smallest absolute Gasteiger partial charge is 0.248 e. The van der Waals surface area contributed by atoms with E-state index in [1.807, 2.05) is 30.3 Å². The van der Waals surface area contributed by atoms with Gasteiger partial charge in [-0.2, -0.15) is 0 Å². The van der Waals surface area contributed by atoms with Crippen molar-refractivity contribution in [3.05, 3.63) is 66.0 Å². The number of carbonyl (C=O) groups is 1. The molecule has 1 amide bonds. The fraction of sp³-hybridized carbons (Fsp3) is 0.292. The molecule has 1 N–H and O–H groups in total. The molecule has 30 heavy (non-hydrogen) atoms. The number of likely N-dealkylation sites (N-methyl/N-ethyl adjacent to an activating group) is 1. The van der Waals surface area contributed by atoms with Crippen LogP contribution in [0.3, 0.4) is 0 Å². The summed E-state index contributed by atoms with van der Waals surface area (Å²) in [6, 6.07) is 11.8. The molecule has 0 bridgehead atoms. The average Bonchev–Trinajstić information content (AvgIpc) is 2.79. The zero-order valence-electron chi connectivity index (χ0n) is 17.5. The zero-order chi connectivity index (χ0) is 20.9. The van der Waals surface area contributed by atoms with Gasteiger partial charge in [-0.05, 0) is 61.0 Å². The van der Waals surface area contributed by atoms with Crippen LogP contribution in [0.2, 0.25) is 0 Å². The van der Waals surface area contributed by atoms with Crippen molar-refractivity contribution in [2.24, 2.45) is 0 Å². The lowest BCUT2D eigenvalue weighted by Gasteiger charge is -2.35. The minimum Gasteiger partial charge on any atom is -0.354 e. The van der Waals surface area contributed by atoms with E-state index in [0.29, 0.717) is 0 Å². The van der Waals surface area contributed by atoms with E-state index in [-0.39, 0.29) is 5.91 Å². The average molecular weight is 402 g/mol. The van der Waals surface area contributed by atoms with Crippen molar-refractivity contribution in [1.82, 2.24) is 14.9 Å². The molecule has 0 atom stereocenters. The Morgan fingerprint density at radius 3 is 2.73 bits per heavy atom. The largest absolute Gasteiger partial charge is 0.354 e. The second-order valence-electron chi connectivity index (χ2n) is 7.56. The number of hydrogen-bond acceptors (Lipinski definition) is 5. The summed E-state index contributed by atoms with van der Waals surface area (Å²) in [6.07, 6.45) is 6.69. The van der Waals surface area contributed by atoms with Gasteiger partial charge in [-0.3, -0.25) is 9.78 Å². The maximum absolute atomic E-state index is 12.3. The number of hydrogen-bond donors (Lipinski definition) is 1. The Morgan fingerprint density at radius 1 is 1.17 bits per heavy atom. The highest BCUT2D eigenvalue weighted by Crippen LogP contribution is 2.26. The molecule has 2 aromatic heterocycles. The Kier molecular flexibility index (Phi) is 6.05. The number of nitrogens with one attached hydrogen (secondary N) is 1. The lowest BCUT2D eigenvalue weighted by atomic mass is 10.1. The summed E-state index contributed by atoms with van der Waals surface area (Å²) in [5.74, 6) is 0.862. The Morgan fingerprint density at radius 2 is 2.00 bits per heavy atom. The van der Waals surface area contributed by atoms with Crippen LogP contribution in [0.1, 0.15) is 18.1 Å². The number of amides is 1. The van der Waals surface area contributed by atoms with Crippen LogP contribution < -0.4 is 10.2 Å². The minimum absolute atomic E-state index is 0.172. The molecule has 0 radical (unpaired) electrons. The van der Waals surface area contributed by atoms with Gasteiger partial charge in [-0.15, -0.1) is 0 Å². The van der Waals surface area contributed by atoms with Crippen molar-refractivity contribution in [2.75, 3.05) is 42.9 Å². The summed E-state index contributed by atoms with van der Waals surface area (Å²) in [4.78, 5) is 26.0. The monoisotopic (exact) mass is 401 g/mol. The molecule has 3 aromatic rings. The van der Waals surface area contributed by atoms with Gasteiger partial charge in [0.25, 0.3) is 0 Å². The summed E-state index contributed by atoms with van der Waals surface area (Å²) >= 11 is 0. The van der Waals surface area contributed by atoms with Gasteiger partial charge < -0.3 is 15.1 Å². The molecule has 6 heteroatoms. The molecule has 4 rings (SSSR count). The van der Waals surface area contributed by atoms with Gasteiger partial charge >= 0.3 is 0 Å². The molecular weight excluding hydrogens is 374 g/mol. The van der Waals surface area contributed by atoms with Gasteiger partial charge in [0.2, 0.25) is 5.91 Å². The summed E-state index contributed by atoms with van der Waals surface area (Å²) in [7, 11) is 0.